The van der Waals surface area contributed by atoms with Crippen LogP contribution in [0.4, 0.5) is 13.2 Å². The van der Waals surface area contributed by atoms with Gasteiger partial charge in [-0.2, -0.15) is 13.2 Å². The second kappa shape index (κ2) is 5.14. The van der Waals surface area contributed by atoms with E-state index in [1.807, 2.05) is 0 Å². The van der Waals surface area contributed by atoms with Crippen molar-refractivity contribution in [1.82, 2.24) is 10.2 Å². The van der Waals surface area contributed by atoms with E-state index in [1.54, 1.807) is 0 Å². The zero-order chi connectivity index (χ0) is 12.5. The lowest BCUT2D eigenvalue weighted by Crippen LogP contribution is -2.54. The average molecular weight is 250 g/mol. The van der Waals surface area contributed by atoms with Crippen molar-refractivity contribution in [3.05, 3.63) is 0 Å². The van der Waals surface area contributed by atoms with Crippen molar-refractivity contribution in [3.8, 4) is 0 Å². The smallest absolute Gasteiger partial charge is 0.305 e. The van der Waals surface area contributed by atoms with Crippen LogP contribution in [0.2, 0.25) is 0 Å². The Morgan fingerprint density at radius 2 is 2.00 bits per heavy atom. The molecule has 1 aliphatic carbocycles. The van der Waals surface area contributed by atoms with Crippen molar-refractivity contribution < 1.29 is 13.2 Å². The number of hydrogen-bond donors (Lipinski definition) is 1. The van der Waals surface area contributed by atoms with Crippen LogP contribution in [-0.2, 0) is 0 Å². The molecule has 0 spiro atoms. The molecule has 2 rings (SSSR count). The SMILES string of the molecule is CC1CC(N2CCCC(NCC(F)(F)F)C2)C1. The number of halogens is 3. The summed E-state index contributed by atoms with van der Waals surface area (Å²) in [6.07, 6.45) is 0.223. The number of rotatable bonds is 3. The van der Waals surface area contributed by atoms with Gasteiger partial charge >= 0.3 is 6.18 Å². The molecule has 0 aromatic heterocycles. The van der Waals surface area contributed by atoms with Gasteiger partial charge in [-0.3, -0.25) is 4.90 Å². The van der Waals surface area contributed by atoms with Crippen molar-refractivity contribution in [2.75, 3.05) is 19.6 Å². The Kier molecular flexibility index (Phi) is 3.98. The Hall–Kier alpha value is -0.290. The number of likely N-dealkylation sites (tertiary alicyclic amines) is 1. The highest BCUT2D eigenvalue weighted by molar-refractivity contribution is 4.89. The first-order valence-electron chi connectivity index (χ1n) is 6.48. The molecule has 2 fully saturated rings. The molecule has 0 aromatic rings. The normalized spacial score (nSPS) is 35.6. The van der Waals surface area contributed by atoms with Crippen LogP contribution in [-0.4, -0.2) is 42.8 Å². The van der Waals surface area contributed by atoms with E-state index < -0.39 is 12.7 Å². The largest absolute Gasteiger partial charge is 0.401 e. The van der Waals surface area contributed by atoms with Crippen molar-refractivity contribution in [1.29, 1.82) is 0 Å². The zero-order valence-electron chi connectivity index (χ0n) is 10.3. The summed E-state index contributed by atoms with van der Waals surface area (Å²) in [4.78, 5) is 2.37. The molecule has 1 N–H and O–H groups in total. The fourth-order valence-electron chi connectivity index (χ4n) is 2.92. The lowest BCUT2D eigenvalue weighted by Gasteiger charge is -2.45. The number of piperidine rings is 1. The molecule has 0 bridgehead atoms. The van der Waals surface area contributed by atoms with Crippen LogP contribution >= 0.6 is 0 Å². The highest BCUT2D eigenvalue weighted by atomic mass is 19.4. The standard InChI is InChI=1S/C12H21F3N2/c1-9-5-11(6-9)17-4-2-3-10(7-17)16-8-12(13,14)15/h9-11,16H,2-8H2,1H3. The highest BCUT2D eigenvalue weighted by Gasteiger charge is 2.34. The first-order valence-corrected chi connectivity index (χ1v) is 6.48. The molecule has 5 heteroatoms. The van der Waals surface area contributed by atoms with Crippen LogP contribution in [0.3, 0.4) is 0 Å². The van der Waals surface area contributed by atoms with Crippen molar-refractivity contribution in [2.24, 2.45) is 5.92 Å². The van der Waals surface area contributed by atoms with E-state index >= 15 is 0 Å². The van der Waals surface area contributed by atoms with Gasteiger partial charge in [0.25, 0.3) is 0 Å². The van der Waals surface area contributed by atoms with E-state index in [-0.39, 0.29) is 6.04 Å². The molecule has 17 heavy (non-hydrogen) atoms. The fourth-order valence-corrected chi connectivity index (χ4v) is 2.92. The highest BCUT2D eigenvalue weighted by Crippen LogP contribution is 2.32. The van der Waals surface area contributed by atoms with Gasteiger partial charge in [0.2, 0.25) is 0 Å². The molecule has 0 radical (unpaired) electrons. The summed E-state index contributed by atoms with van der Waals surface area (Å²) in [6, 6.07) is 0.641. The van der Waals surface area contributed by atoms with Gasteiger partial charge < -0.3 is 5.32 Å². The Bertz CT molecular complexity index is 249. The summed E-state index contributed by atoms with van der Waals surface area (Å²) in [5.41, 5.74) is 0. The third-order valence-corrected chi connectivity index (χ3v) is 3.91. The van der Waals surface area contributed by atoms with Gasteiger partial charge in [0.05, 0.1) is 6.54 Å². The first-order chi connectivity index (χ1) is 7.94. The van der Waals surface area contributed by atoms with Gasteiger partial charge in [-0.25, -0.2) is 0 Å². The molecule has 1 aliphatic heterocycles. The minimum atomic E-state index is -4.09. The van der Waals surface area contributed by atoms with Crippen LogP contribution in [0.1, 0.15) is 32.6 Å². The van der Waals surface area contributed by atoms with E-state index in [0.29, 0.717) is 6.04 Å². The minimum Gasteiger partial charge on any atom is -0.305 e. The van der Waals surface area contributed by atoms with Crippen LogP contribution in [0.25, 0.3) is 0 Å². The second-order valence-electron chi connectivity index (χ2n) is 5.56. The van der Waals surface area contributed by atoms with Gasteiger partial charge in [-0.15, -0.1) is 0 Å². The molecule has 2 nitrogen and oxygen atoms in total. The summed E-state index contributed by atoms with van der Waals surface area (Å²) >= 11 is 0. The van der Waals surface area contributed by atoms with Crippen LogP contribution in [0, 0.1) is 5.92 Å². The van der Waals surface area contributed by atoms with Crippen LogP contribution in [0.5, 0.6) is 0 Å². The van der Waals surface area contributed by atoms with Crippen molar-refractivity contribution in [3.63, 3.8) is 0 Å². The Morgan fingerprint density at radius 3 is 2.59 bits per heavy atom. The fraction of sp³-hybridized carbons (Fsp3) is 1.00. The van der Waals surface area contributed by atoms with Crippen LogP contribution in [0.15, 0.2) is 0 Å². The van der Waals surface area contributed by atoms with E-state index in [1.165, 1.54) is 12.8 Å². The summed E-state index contributed by atoms with van der Waals surface area (Å²) < 4.78 is 36.4. The van der Waals surface area contributed by atoms with Gasteiger partial charge in [0.15, 0.2) is 0 Å². The van der Waals surface area contributed by atoms with E-state index in [2.05, 4.69) is 17.1 Å². The molecule has 1 atom stereocenters. The number of nitrogens with zero attached hydrogens (tertiary/aromatic N) is 1. The zero-order valence-corrected chi connectivity index (χ0v) is 10.3. The summed E-state index contributed by atoms with van der Waals surface area (Å²) in [5.74, 6) is 0.795. The molecule has 2 aliphatic rings. The lowest BCUT2D eigenvalue weighted by molar-refractivity contribution is -0.127. The minimum absolute atomic E-state index is 0.0151. The van der Waals surface area contributed by atoms with Crippen molar-refractivity contribution >= 4 is 0 Å². The van der Waals surface area contributed by atoms with Gasteiger partial charge in [0, 0.05) is 18.6 Å². The monoisotopic (exact) mass is 250 g/mol. The Labute approximate surface area is 101 Å². The van der Waals surface area contributed by atoms with Gasteiger partial charge in [0.1, 0.15) is 0 Å². The predicted octanol–water partition coefficient (Wildman–Crippen LogP) is 2.40. The molecule has 0 aromatic carbocycles. The summed E-state index contributed by atoms with van der Waals surface area (Å²) in [7, 11) is 0. The quantitative estimate of drug-likeness (QED) is 0.827. The maximum absolute atomic E-state index is 12.1. The third-order valence-electron chi connectivity index (χ3n) is 3.91. The second-order valence-corrected chi connectivity index (χ2v) is 5.56. The molecular formula is C12H21F3N2. The van der Waals surface area contributed by atoms with Crippen molar-refractivity contribution in [2.45, 2.75) is 50.9 Å². The predicted molar refractivity (Wildman–Crippen MR) is 60.8 cm³/mol. The molecule has 1 saturated carbocycles. The third kappa shape index (κ3) is 3.85. The number of nitrogens with one attached hydrogen (secondary N) is 1. The average Bonchev–Trinajstić information content (AvgIpc) is 2.21. The number of hydrogen-bond acceptors (Lipinski definition) is 2. The van der Waals surface area contributed by atoms with E-state index in [9.17, 15) is 13.2 Å². The van der Waals surface area contributed by atoms with Crippen LogP contribution < -0.4 is 5.32 Å². The van der Waals surface area contributed by atoms with E-state index in [0.717, 1.165) is 31.8 Å². The summed E-state index contributed by atoms with van der Waals surface area (Å²) in [6.45, 7) is 3.22. The molecular weight excluding hydrogens is 229 g/mol. The Balaban J connectivity index is 1.73. The summed E-state index contributed by atoms with van der Waals surface area (Å²) in [5, 5.41) is 2.64. The molecule has 1 unspecified atom stereocenters. The van der Waals surface area contributed by atoms with Gasteiger partial charge in [-0.05, 0) is 38.1 Å². The molecule has 1 saturated heterocycles. The topological polar surface area (TPSA) is 15.3 Å². The Morgan fingerprint density at radius 1 is 1.29 bits per heavy atom. The lowest BCUT2D eigenvalue weighted by atomic mass is 9.80. The maximum Gasteiger partial charge on any atom is 0.401 e. The maximum atomic E-state index is 12.1. The molecule has 100 valence electrons. The molecule has 0 amide bonds. The van der Waals surface area contributed by atoms with Gasteiger partial charge in [-0.1, -0.05) is 6.92 Å². The van der Waals surface area contributed by atoms with E-state index in [4.69, 9.17) is 0 Å². The number of alkyl halides is 3. The first kappa shape index (κ1) is 13.1. The molecule has 1 heterocycles.